The monoisotopic (exact) mass is 225 g/mol. The van der Waals surface area contributed by atoms with Crippen molar-refractivity contribution in [1.29, 1.82) is 0 Å². The number of amides is 1. The van der Waals surface area contributed by atoms with Crippen molar-refractivity contribution >= 4 is 11.9 Å². The smallest absolute Gasteiger partial charge is 0.330 e. The Morgan fingerprint density at radius 1 is 1.31 bits per heavy atom. The molecule has 0 saturated carbocycles. The molecular formula is C12H19NO3. The van der Waals surface area contributed by atoms with E-state index < -0.39 is 5.97 Å². The van der Waals surface area contributed by atoms with Gasteiger partial charge in [-0.3, -0.25) is 4.79 Å². The number of hydrogen-bond donors (Lipinski definition) is 2. The first-order valence-electron chi connectivity index (χ1n) is 5.23. The van der Waals surface area contributed by atoms with E-state index in [2.05, 4.69) is 5.32 Å². The zero-order valence-electron chi connectivity index (χ0n) is 10.2. The zero-order chi connectivity index (χ0) is 12.7. The van der Waals surface area contributed by atoms with Gasteiger partial charge in [0.15, 0.2) is 0 Å². The van der Waals surface area contributed by atoms with Crippen LogP contribution in [0.3, 0.4) is 0 Å². The topological polar surface area (TPSA) is 66.4 Å². The van der Waals surface area contributed by atoms with Crippen LogP contribution in [0.2, 0.25) is 0 Å². The summed E-state index contributed by atoms with van der Waals surface area (Å²) in [7, 11) is 0. The fraction of sp³-hybridized carbons (Fsp3) is 0.500. The predicted molar refractivity (Wildman–Crippen MR) is 62.7 cm³/mol. The van der Waals surface area contributed by atoms with E-state index in [4.69, 9.17) is 5.11 Å². The maximum atomic E-state index is 11.0. The third kappa shape index (κ3) is 5.34. The van der Waals surface area contributed by atoms with Crippen LogP contribution in [0.25, 0.3) is 0 Å². The van der Waals surface area contributed by atoms with Gasteiger partial charge in [-0.05, 0) is 12.8 Å². The Bertz CT molecular complexity index is 318. The summed E-state index contributed by atoms with van der Waals surface area (Å²) < 4.78 is 0. The molecule has 0 rings (SSSR count). The summed E-state index contributed by atoms with van der Waals surface area (Å²) in [6, 6.07) is 0. The predicted octanol–water partition coefficient (Wildman–Crippen LogP) is 1.94. The van der Waals surface area contributed by atoms with E-state index in [1.807, 2.05) is 32.9 Å². The highest BCUT2D eigenvalue weighted by molar-refractivity contribution is 5.83. The normalized spacial score (nSPS) is 15.9. The Morgan fingerprint density at radius 3 is 2.25 bits per heavy atom. The first-order chi connectivity index (χ1) is 7.38. The molecule has 16 heavy (non-hydrogen) atoms. The molecule has 0 radical (unpaired) electrons. The van der Waals surface area contributed by atoms with Gasteiger partial charge in [0.05, 0.1) is 0 Å². The number of allylic oxidation sites excluding steroid dienone is 3. The summed E-state index contributed by atoms with van der Waals surface area (Å²) in [5.41, 5.74) is 0.436. The third-order valence-corrected chi connectivity index (χ3v) is 2.37. The second-order valence-corrected chi connectivity index (χ2v) is 3.79. The standard InChI is InChI=1S/C12H19NO3/c1-5-6-8(2)9(3)11(7-12(15)16)13-10(4)14/h5-9H,1-4H3,(H,13,14)(H,15,16). The van der Waals surface area contributed by atoms with Crippen molar-refractivity contribution in [2.24, 2.45) is 11.8 Å². The highest BCUT2D eigenvalue weighted by Crippen LogP contribution is 2.19. The van der Waals surface area contributed by atoms with E-state index >= 15 is 0 Å². The van der Waals surface area contributed by atoms with Crippen LogP contribution in [0.15, 0.2) is 23.9 Å². The molecule has 4 heteroatoms. The lowest BCUT2D eigenvalue weighted by molar-refractivity contribution is -0.131. The van der Waals surface area contributed by atoms with Crippen LogP contribution >= 0.6 is 0 Å². The van der Waals surface area contributed by atoms with Gasteiger partial charge in [0.25, 0.3) is 0 Å². The van der Waals surface area contributed by atoms with Gasteiger partial charge in [0.1, 0.15) is 0 Å². The minimum absolute atomic E-state index is 0.0452. The molecule has 1 amide bonds. The highest BCUT2D eigenvalue weighted by atomic mass is 16.4. The maximum absolute atomic E-state index is 11.0. The Hall–Kier alpha value is -1.58. The van der Waals surface area contributed by atoms with Crippen LogP contribution in [-0.4, -0.2) is 17.0 Å². The van der Waals surface area contributed by atoms with Gasteiger partial charge in [0.2, 0.25) is 5.91 Å². The summed E-state index contributed by atoms with van der Waals surface area (Å²) in [6.45, 7) is 7.13. The number of rotatable bonds is 5. The molecule has 0 aliphatic carbocycles. The fourth-order valence-electron chi connectivity index (χ4n) is 1.37. The number of carboxylic acid groups (broad SMARTS) is 1. The van der Waals surface area contributed by atoms with E-state index in [9.17, 15) is 9.59 Å². The second-order valence-electron chi connectivity index (χ2n) is 3.79. The lowest BCUT2D eigenvalue weighted by Gasteiger charge is -2.20. The molecule has 90 valence electrons. The molecule has 0 aromatic heterocycles. The summed E-state index contributed by atoms with van der Waals surface area (Å²) in [5.74, 6) is -1.19. The Balaban J connectivity index is 4.88. The third-order valence-electron chi connectivity index (χ3n) is 2.37. The van der Waals surface area contributed by atoms with E-state index in [0.29, 0.717) is 5.70 Å². The van der Waals surface area contributed by atoms with E-state index in [1.54, 1.807) is 0 Å². The van der Waals surface area contributed by atoms with Gasteiger partial charge in [-0.1, -0.05) is 26.0 Å². The number of aliphatic carboxylic acids is 1. The lowest BCUT2D eigenvalue weighted by Crippen LogP contribution is -2.27. The average molecular weight is 225 g/mol. The lowest BCUT2D eigenvalue weighted by atomic mass is 9.92. The van der Waals surface area contributed by atoms with Gasteiger partial charge in [-0.25, -0.2) is 4.79 Å². The van der Waals surface area contributed by atoms with Gasteiger partial charge in [-0.2, -0.15) is 0 Å². The zero-order valence-corrected chi connectivity index (χ0v) is 10.2. The molecule has 0 bridgehead atoms. The van der Waals surface area contributed by atoms with E-state index in [0.717, 1.165) is 6.08 Å². The van der Waals surface area contributed by atoms with Crippen LogP contribution in [0.1, 0.15) is 27.7 Å². The summed E-state index contributed by atoms with van der Waals surface area (Å²) in [4.78, 5) is 21.6. The van der Waals surface area contributed by atoms with Crippen molar-refractivity contribution in [3.05, 3.63) is 23.9 Å². The molecular weight excluding hydrogens is 206 g/mol. The van der Waals surface area contributed by atoms with E-state index in [-0.39, 0.29) is 17.7 Å². The van der Waals surface area contributed by atoms with Gasteiger partial charge in [-0.15, -0.1) is 0 Å². The SMILES string of the molecule is CC=CC(C)C(C)C(=CC(=O)O)NC(C)=O. The molecule has 0 heterocycles. The van der Waals surface area contributed by atoms with Crippen LogP contribution in [0.5, 0.6) is 0 Å². The van der Waals surface area contributed by atoms with Gasteiger partial charge >= 0.3 is 5.97 Å². The maximum Gasteiger partial charge on any atom is 0.330 e. The Labute approximate surface area is 96.0 Å². The average Bonchev–Trinajstić information content (AvgIpc) is 2.14. The first kappa shape index (κ1) is 14.4. The van der Waals surface area contributed by atoms with Crippen LogP contribution in [-0.2, 0) is 9.59 Å². The molecule has 0 aliphatic heterocycles. The molecule has 0 fully saturated rings. The number of hydrogen-bond acceptors (Lipinski definition) is 2. The van der Waals surface area contributed by atoms with Crippen molar-refractivity contribution in [3.8, 4) is 0 Å². The van der Waals surface area contributed by atoms with Gasteiger partial charge in [0, 0.05) is 24.6 Å². The van der Waals surface area contributed by atoms with E-state index in [1.165, 1.54) is 6.92 Å². The minimum Gasteiger partial charge on any atom is -0.478 e. The van der Waals surface area contributed by atoms with Crippen LogP contribution in [0, 0.1) is 11.8 Å². The molecule has 0 saturated heterocycles. The molecule has 2 N–H and O–H groups in total. The molecule has 2 unspecified atom stereocenters. The Morgan fingerprint density at radius 2 is 1.88 bits per heavy atom. The molecule has 0 aromatic rings. The Kier molecular flexibility index (Phi) is 6.15. The van der Waals surface area contributed by atoms with Crippen molar-refractivity contribution in [2.75, 3.05) is 0 Å². The fourth-order valence-corrected chi connectivity index (χ4v) is 1.37. The van der Waals surface area contributed by atoms with Crippen molar-refractivity contribution < 1.29 is 14.7 Å². The quantitative estimate of drug-likeness (QED) is 0.555. The molecule has 0 aromatic carbocycles. The first-order valence-corrected chi connectivity index (χ1v) is 5.23. The highest BCUT2D eigenvalue weighted by Gasteiger charge is 2.16. The molecule has 2 atom stereocenters. The van der Waals surface area contributed by atoms with Crippen LogP contribution < -0.4 is 5.32 Å². The summed E-state index contributed by atoms with van der Waals surface area (Å²) >= 11 is 0. The summed E-state index contributed by atoms with van der Waals surface area (Å²) in [5, 5.41) is 11.3. The van der Waals surface area contributed by atoms with Crippen molar-refractivity contribution in [2.45, 2.75) is 27.7 Å². The largest absolute Gasteiger partial charge is 0.478 e. The number of carboxylic acids is 1. The molecule has 0 spiro atoms. The number of carbonyl (C=O) groups is 2. The van der Waals surface area contributed by atoms with Crippen molar-refractivity contribution in [1.82, 2.24) is 5.32 Å². The molecule has 4 nitrogen and oxygen atoms in total. The second kappa shape index (κ2) is 6.82. The van der Waals surface area contributed by atoms with Crippen molar-refractivity contribution in [3.63, 3.8) is 0 Å². The number of carbonyl (C=O) groups excluding carboxylic acids is 1. The molecule has 0 aliphatic rings. The number of nitrogens with one attached hydrogen (secondary N) is 1. The summed E-state index contributed by atoms with van der Waals surface area (Å²) in [6.07, 6.45) is 4.93. The van der Waals surface area contributed by atoms with Gasteiger partial charge < -0.3 is 10.4 Å². The van der Waals surface area contributed by atoms with Crippen LogP contribution in [0.4, 0.5) is 0 Å². The minimum atomic E-state index is -1.05.